The van der Waals surface area contributed by atoms with E-state index in [9.17, 15) is 9.90 Å². The van der Waals surface area contributed by atoms with Gasteiger partial charge in [0.1, 0.15) is 0 Å². The maximum Gasteiger partial charge on any atom is 0.225 e. The van der Waals surface area contributed by atoms with Crippen LogP contribution in [0.2, 0.25) is 0 Å². The van der Waals surface area contributed by atoms with Gasteiger partial charge in [-0.1, -0.05) is 37.3 Å². The molecule has 1 amide bonds. The minimum Gasteiger partial charge on any atom is -0.388 e. The molecule has 0 bridgehead atoms. The van der Waals surface area contributed by atoms with Gasteiger partial charge >= 0.3 is 0 Å². The molecule has 1 N–H and O–H groups in total. The number of aliphatic hydroxyl groups excluding tert-OH is 1. The zero-order valence-corrected chi connectivity index (χ0v) is 14.9. The number of carbonyl (C=O) groups is 1. The molecule has 1 aromatic heterocycles. The summed E-state index contributed by atoms with van der Waals surface area (Å²) in [6, 6.07) is 9.25. The Morgan fingerprint density at radius 2 is 2.00 bits per heavy atom. The summed E-state index contributed by atoms with van der Waals surface area (Å²) in [4.78, 5) is 19.8. The van der Waals surface area contributed by atoms with E-state index in [1.165, 1.54) is 0 Å². The van der Waals surface area contributed by atoms with Crippen LogP contribution < -0.4 is 0 Å². The van der Waals surface area contributed by atoms with Gasteiger partial charge in [-0.25, -0.2) is 4.98 Å². The molecule has 124 valence electrons. The minimum absolute atomic E-state index is 0.0386. The highest BCUT2D eigenvalue weighted by molar-refractivity contribution is 7.11. The van der Waals surface area contributed by atoms with Gasteiger partial charge in [0, 0.05) is 11.9 Å². The van der Waals surface area contributed by atoms with E-state index in [1.807, 2.05) is 44.2 Å². The molecule has 4 nitrogen and oxygen atoms in total. The Morgan fingerprint density at radius 1 is 1.35 bits per heavy atom. The highest BCUT2D eigenvalue weighted by Crippen LogP contribution is 2.30. The number of hydrogen-bond acceptors (Lipinski definition) is 4. The summed E-state index contributed by atoms with van der Waals surface area (Å²) in [6.45, 7) is 6.07. The number of hydrogen-bond donors (Lipinski definition) is 1. The number of thiazole rings is 1. The van der Waals surface area contributed by atoms with E-state index in [0.29, 0.717) is 0 Å². The summed E-state index contributed by atoms with van der Waals surface area (Å²) in [7, 11) is 1.79. The lowest BCUT2D eigenvalue weighted by Crippen LogP contribution is -2.30. The minimum atomic E-state index is -0.771. The molecule has 2 rings (SSSR count). The first-order valence-electron chi connectivity index (χ1n) is 7.88. The second-order valence-corrected chi connectivity index (χ2v) is 6.84. The average molecular weight is 332 g/mol. The second-order valence-electron chi connectivity index (χ2n) is 5.72. The van der Waals surface area contributed by atoms with Gasteiger partial charge < -0.3 is 10.0 Å². The molecule has 0 aliphatic rings. The first-order valence-corrected chi connectivity index (χ1v) is 8.70. The van der Waals surface area contributed by atoms with E-state index in [4.69, 9.17) is 0 Å². The molecule has 0 aliphatic heterocycles. The molecule has 0 radical (unpaired) electrons. The van der Waals surface area contributed by atoms with Crippen molar-refractivity contribution < 1.29 is 9.90 Å². The van der Waals surface area contributed by atoms with E-state index in [0.717, 1.165) is 27.6 Å². The van der Waals surface area contributed by atoms with Gasteiger partial charge in [-0.2, -0.15) is 0 Å². The van der Waals surface area contributed by atoms with Gasteiger partial charge in [-0.15, -0.1) is 11.3 Å². The predicted octanol–water partition coefficient (Wildman–Crippen LogP) is 3.66. The number of aromatic nitrogens is 1. The van der Waals surface area contributed by atoms with Crippen LogP contribution >= 0.6 is 11.3 Å². The van der Waals surface area contributed by atoms with Crippen LogP contribution in [0.3, 0.4) is 0 Å². The molecule has 0 spiro atoms. The number of aliphatic hydroxyl groups is 1. The fraction of sp³-hybridized carbons (Fsp3) is 0.444. The Bertz CT molecular complexity index is 654. The molecule has 23 heavy (non-hydrogen) atoms. The van der Waals surface area contributed by atoms with Crippen molar-refractivity contribution in [1.82, 2.24) is 9.88 Å². The van der Waals surface area contributed by atoms with Crippen molar-refractivity contribution in [2.24, 2.45) is 0 Å². The van der Waals surface area contributed by atoms with Gasteiger partial charge in [-0.05, 0) is 25.8 Å². The first-order chi connectivity index (χ1) is 10.9. The topological polar surface area (TPSA) is 53.4 Å². The lowest BCUT2D eigenvalue weighted by Gasteiger charge is -2.25. The van der Waals surface area contributed by atoms with Crippen molar-refractivity contribution in [3.63, 3.8) is 0 Å². The first kappa shape index (κ1) is 17.6. The summed E-state index contributed by atoms with van der Waals surface area (Å²) >= 11 is 1.66. The van der Waals surface area contributed by atoms with Gasteiger partial charge in [0.25, 0.3) is 0 Å². The largest absolute Gasteiger partial charge is 0.388 e. The lowest BCUT2D eigenvalue weighted by molar-refractivity contribution is -0.133. The Labute approximate surface area is 141 Å². The SMILES string of the molecule is CCc1nc(C)c(C(C)N(C)C(=O)CC(O)c2ccccc2)s1. The van der Waals surface area contributed by atoms with E-state index in [1.54, 1.807) is 23.3 Å². The molecular weight excluding hydrogens is 308 g/mol. The molecule has 1 aromatic carbocycles. The maximum atomic E-state index is 12.5. The second kappa shape index (κ2) is 7.70. The molecule has 0 saturated carbocycles. The molecule has 0 aliphatic carbocycles. The highest BCUT2D eigenvalue weighted by atomic mass is 32.1. The van der Waals surface area contributed by atoms with E-state index >= 15 is 0 Å². The molecule has 0 saturated heterocycles. The lowest BCUT2D eigenvalue weighted by atomic mass is 10.1. The van der Waals surface area contributed by atoms with E-state index in [2.05, 4.69) is 11.9 Å². The van der Waals surface area contributed by atoms with Gasteiger partial charge in [0.05, 0.1) is 29.3 Å². The monoisotopic (exact) mass is 332 g/mol. The summed E-state index contributed by atoms with van der Waals surface area (Å²) in [5.41, 5.74) is 1.76. The Kier molecular flexibility index (Phi) is 5.91. The van der Waals surface area contributed by atoms with Crippen LogP contribution in [0.15, 0.2) is 30.3 Å². The number of benzene rings is 1. The standard InChI is InChI=1S/C18H24N2O2S/c1-5-16-19-12(2)18(23-16)13(3)20(4)17(22)11-15(21)14-9-7-6-8-10-14/h6-10,13,15,21H,5,11H2,1-4H3. The van der Waals surface area contributed by atoms with Crippen molar-refractivity contribution in [2.45, 2.75) is 45.8 Å². The summed E-state index contributed by atoms with van der Waals surface area (Å²) in [5, 5.41) is 11.3. The molecule has 2 atom stereocenters. The molecule has 2 aromatic rings. The third kappa shape index (κ3) is 4.18. The van der Waals surface area contributed by atoms with Crippen molar-refractivity contribution in [2.75, 3.05) is 7.05 Å². The molecular formula is C18H24N2O2S. The normalized spacial score (nSPS) is 13.6. The highest BCUT2D eigenvalue weighted by Gasteiger charge is 2.23. The van der Waals surface area contributed by atoms with Crippen molar-refractivity contribution in [3.8, 4) is 0 Å². The van der Waals surface area contributed by atoms with Crippen LogP contribution in [0.25, 0.3) is 0 Å². The van der Waals surface area contributed by atoms with Crippen LogP contribution in [0.1, 0.15) is 53.6 Å². The zero-order chi connectivity index (χ0) is 17.0. The Morgan fingerprint density at radius 3 is 2.57 bits per heavy atom. The number of carbonyl (C=O) groups excluding carboxylic acids is 1. The third-order valence-electron chi connectivity index (χ3n) is 4.09. The fourth-order valence-corrected chi connectivity index (χ4v) is 3.60. The van der Waals surface area contributed by atoms with Crippen LogP contribution in [-0.2, 0) is 11.2 Å². The summed E-state index contributed by atoms with van der Waals surface area (Å²) < 4.78 is 0. The van der Waals surface area contributed by atoms with E-state index < -0.39 is 6.10 Å². The quantitative estimate of drug-likeness (QED) is 0.878. The van der Waals surface area contributed by atoms with E-state index in [-0.39, 0.29) is 18.4 Å². The smallest absolute Gasteiger partial charge is 0.225 e. The Balaban J connectivity index is 2.05. The summed E-state index contributed by atoms with van der Waals surface area (Å²) in [5.74, 6) is -0.0697. The third-order valence-corrected chi connectivity index (χ3v) is 5.56. The van der Waals surface area contributed by atoms with Crippen LogP contribution in [0.4, 0.5) is 0 Å². The van der Waals surface area contributed by atoms with Crippen LogP contribution in [0.5, 0.6) is 0 Å². The number of amides is 1. The number of aryl methyl sites for hydroxylation is 2. The van der Waals surface area contributed by atoms with Crippen molar-refractivity contribution in [1.29, 1.82) is 0 Å². The van der Waals surface area contributed by atoms with Crippen LogP contribution in [-0.4, -0.2) is 27.9 Å². The molecule has 2 unspecified atom stereocenters. The van der Waals surface area contributed by atoms with Crippen molar-refractivity contribution in [3.05, 3.63) is 51.5 Å². The molecule has 5 heteroatoms. The van der Waals surface area contributed by atoms with Crippen molar-refractivity contribution >= 4 is 17.2 Å². The van der Waals surface area contributed by atoms with Gasteiger partial charge in [-0.3, -0.25) is 4.79 Å². The summed E-state index contributed by atoms with van der Waals surface area (Å²) in [6.07, 6.45) is 0.221. The van der Waals surface area contributed by atoms with Gasteiger partial charge in [0.2, 0.25) is 5.91 Å². The zero-order valence-electron chi connectivity index (χ0n) is 14.1. The fourth-order valence-electron chi connectivity index (χ4n) is 2.50. The number of nitrogens with zero attached hydrogens (tertiary/aromatic N) is 2. The maximum absolute atomic E-state index is 12.5. The predicted molar refractivity (Wildman–Crippen MR) is 93.4 cm³/mol. The molecule has 0 fully saturated rings. The average Bonchev–Trinajstić information content (AvgIpc) is 2.95. The van der Waals surface area contributed by atoms with Crippen LogP contribution in [0, 0.1) is 6.92 Å². The number of rotatable bonds is 6. The van der Waals surface area contributed by atoms with Gasteiger partial charge in [0.15, 0.2) is 0 Å². The molecule has 1 heterocycles. The Hall–Kier alpha value is -1.72.